The highest BCUT2D eigenvalue weighted by atomic mass is 35.5. The molecule has 21 heavy (non-hydrogen) atoms. The number of thiophene rings is 1. The maximum absolute atomic E-state index is 12.6. The first-order chi connectivity index (χ1) is 10.0. The normalized spacial score (nSPS) is 10.4. The predicted molar refractivity (Wildman–Crippen MR) is 84.5 cm³/mol. The molecule has 0 atom stereocenters. The second kappa shape index (κ2) is 6.74. The highest BCUT2D eigenvalue weighted by Crippen LogP contribution is 2.24. The van der Waals surface area contributed by atoms with E-state index in [0.29, 0.717) is 15.6 Å². The summed E-state index contributed by atoms with van der Waals surface area (Å²) in [7, 11) is 0. The third-order valence-corrected chi connectivity index (χ3v) is 4.20. The summed E-state index contributed by atoms with van der Waals surface area (Å²) in [5.41, 5.74) is 1.44. The number of halogens is 1. The number of carboxylic acid groups (broad SMARTS) is 1. The number of carboxylic acids is 1. The van der Waals surface area contributed by atoms with Gasteiger partial charge in [0.25, 0.3) is 5.91 Å². The van der Waals surface area contributed by atoms with Gasteiger partial charge in [-0.25, -0.2) is 0 Å². The molecule has 0 aliphatic heterocycles. The van der Waals surface area contributed by atoms with Gasteiger partial charge in [0.05, 0.1) is 4.88 Å². The molecule has 1 aromatic carbocycles. The lowest BCUT2D eigenvalue weighted by Gasteiger charge is -2.21. The summed E-state index contributed by atoms with van der Waals surface area (Å²) in [6.07, 6.45) is 0.728. The van der Waals surface area contributed by atoms with Gasteiger partial charge in [0.2, 0.25) is 0 Å². The maximum Gasteiger partial charge on any atom is 0.323 e. The molecule has 6 heteroatoms. The molecule has 0 radical (unpaired) electrons. The second-order valence-electron chi connectivity index (χ2n) is 4.39. The third kappa shape index (κ3) is 3.62. The summed E-state index contributed by atoms with van der Waals surface area (Å²) >= 11 is 7.16. The van der Waals surface area contributed by atoms with Crippen LogP contribution in [0.15, 0.2) is 35.7 Å². The number of carbonyl (C=O) groups is 2. The Balaban J connectivity index is 2.38. The largest absolute Gasteiger partial charge is 0.480 e. The van der Waals surface area contributed by atoms with Crippen molar-refractivity contribution in [2.75, 3.05) is 11.4 Å². The maximum atomic E-state index is 12.6. The monoisotopic (exact) mass is 323 g/mol. The minimum atomic E-state index is -1.06. The van der Waals surface area contributed by atoms with Crippen molar-refractivity contribution in [1.82, 2.24) is 0 Å². The summed E-state index contributed by atoms with van der Waals surface area (Å²) in [6, 6.07) is 8.44. The average Bonchev–Trinajstić information content (AvgIpc) is 2.93. The Kier molecular flexibility index (Phi) is 4.98. The number of hydrogen-bond donors (Lipinski definition) is 1. The molecule has 1 aromatic heterocycles. The lowest BCUT2D eigenvalue weighted by molar-refractivity contribution is -0.135. The van der Waals surface area contributed by atoms with Crippen molar-refractivity contribution in [3.05, 3.63) is 51.2 Å². The van der Waals surface area contributed by atoms with E-state index in [1.807, 2.05) is 18.4 Å². The zero-order chi connectivity index (χ0) is 15.4. The first-order valence-electron chi connectivity index (χ1n) is 6.38. The fourth-order valence-electron chi connectivity index (χ4n) is 1.96. The van der Waals surface area contributed by atoms with Gasteiger partial charge in [0, 0.05) is 10.7 Å². The molecule has 0 saturated heterocycles. The fraction of sp³-hybridized carbons (Fsp3) is 0.200. The van der Waals surface area contributed by atoms with Crippen LogP contribution in [0.4, 0.5) is 5.69 Å². The molecule has 0 bridgehead atoms. The lowest BCUT2D eigenvalue weighted by Crippen LogP contribution is -2.35. The Bertz CT molecular complexity index is 651. The van der Waals surface area contributed by atoms with E-state index in [4.69, 9.17) is 16.7 Å². The lowest BCUT2D eigenvalue weighted by atomic mass is 10.2. The molecule has 0 aliphatic carbocycles. The summed E-state index contributed by atoms with van der Waals surface area (Å²) in [5, 5.41) is 11.4. The Hall–Kier alpha value is -1.85. The number of carbonyl (C=O) groups excluding carboxylic acids is 1. The van der Waals surface area contributed by atoms with Gasteiger partial charge in [-0.05, 0) is 47.7 Å². The summed E-state index contributed by atoms with van der Waals surface area (Å²) < 4.78 is 0. The number of aliphatic carboxylic acids is 1. The standard InChI is InChI=1S/C15H14ClNO3S/c1-2-10-7-8-21-14(10)15(20)17(9-13(18)19)12-5-3-11(16)4-6-12/h3-8H,2,9H2,1H3,(H,18,19). The van der Waals surface area contributed by atoms with Crippen LogP contribution < -0.4 is 4.90 Å². The molecule has 1 N–H and O–H groups in total. The molecule has 0 aliphatic rings. The van der Waals surface area contributed by atoms with Crippen LogP contribution in [0.25, 0.3) is 0 Å². The van der Waals surface area contributed by atoms with E-state index in [-0.39, 0.29) is 12.5 Å². The molecule has 4 nitrogen and oxygen atoms in total. The molecule has 0 spiro atoms. The van der Waals surface area contributed by atoms with Crippen molar-refractivity contribution in [2.24, 2.45) is 0 Å². The number of aryl methyl sites for hydroxylation is 1. The number of rotatable bonds is 5. The minimum Gasteiger partial charge on any atom is -0.480 e. The van der Waals surface area contributed by atoms with Crippen LogP contribution >= 0.6 is 22.9 Å². The Morgan fingerprint density at radius 1 is 1.24 bits per heavy atom. The van der Waals surface area contributed by atoms with Crippen LogP contribution in [0, 0.1) is 0 Å². The molecule has 110 valence electrons. The Morgan fingerprint density at radius 3 is 2.48 bits per heavy atom. The van der Waals surface area contributed by atoms with E-state index < -0.39 is 5.97 Å². The van der Waals surface area contributed by atoms with E-state index in [1.165, 1.54) is 16.2 Å². The molecular formula is C15H14ClNO3S. The van der Waals surface area contributed by atoms with Crippen LogP contribution in [0.5, 0.6) is 0 Å². The SMILES string of the molecule is CCc1ccsc1C(=O)N(CC(=O)O)c1ccc(Cl)cc1. The van der Waals surface area contributed by atoms with Crippen molar-refractivity contribution in [1.29, 1.82) is 0 Å². The van der Waals surface area contributed by atoms with Crippen LogP contribution in [-0.4, -0.2) is 23.5 Å². The first kappa shape index (κ1) is 15.5. The zero-order valence-electron chi connectivity index (χ0n) is 11.4. The van der Waals surface area contributed by atoms with Crippen molar-refractivity contribution >= 4 is 40.5 Å². The fourth-order valence-corrected chi connectivity index (χ4v) is 3.03. The number of benzene rings is 1. The quantitative estimate of drug-likeness (QED) is 0.912. The van der Waals surface area contributed by atoms with E-state index in [0.717, 1.165) is 12.0 Å². The first-order valence-corrected chi connectivity index (χ1v) is 7.64. The molecular weight excluding hydrogens is 310 g/mol. The van der Waals surface area contributed by atoms with Gasteiger partial charge in [0.15, 0.2) is 0 Å². The number of hydrogen-bond acceptors (Lipinski definition) is 3. The number of amides is 1. The molecule has 0 unspecified atom stereocenters. The highest BCUT2D eigenvalue weighted by Gasteiger charge is 2.23. The summed E-state index contributed by atoms with van der Waals surface area (Å²) in [5.74, 6) is -1.36. The van der Waals surface area contributed by atoms with Crippen LogP contribution in [0.1, 0.15) is 22.2 Å². The van der Waals surface area contributed by atoms with Gasteiger partial charge >= 0.3 is 5.97 Å². The topological polar surface area (TPSA) is 57.6 Å². The smallest absolute Gasteiger partial charge is 0.323 e. The van der Waals surface area contributed by atoms with Crippen LogP contribution in [-0.2, 0) is 11.2 Å². The van der Waals surface area contributed by atoms with Crippen molar-refractivity contribution in [3.8, 4) is 0 Å². The van der Waals surface area contributed by atoms with Crippen molar-refractivity contribution in [2.45, 2.75) is 13.3 Å². The molecule has 2 aromatic rings. The van der Waals surface area contributed by atoms with Crippen molar-refractivity contribution < 1.29 is 14.7 Å². The zero-order valence-corrected chi connectivity index (χ0v) is 12.9. The van der Waals surface area contributed by atoms with Gasteiger partial charge < -0.3 is 5.11 Å². The van der Waals surface area contributed by atoms with E-state index >= 15 is 0 Å². The Morgan fingerprint density at radius 2 is 1.90 bits per heavy atom. The minimum absolute atomic E-state index is 0.299. The molecule has 2 rings (SSSR count). The van der Waals surface area contributed by atoms with Crippen LogP contribution in [0.3, 0.4) is 0 Å². The molecule has 0 saturated carbocycles. The van der Waals surface area contributed by atoms with Gasteiger partial charge in [-0.15, -0.1) is 11.3 Å². The van der Waals surface area contributed by atoms with E-state index in [9.17, 15) is 9.59 Å². The van der Waals surface area contributed by atoms with E-state index in [2.05, 4.69) is 0 Å². The van der Waals surface area contributed by atoms with Gasteiger partial charge in [-0.1, -0.05) is 18.5 Å². The van der Waals surface area contributed by atoms with Crippen molar-refractivity contribution in [3.63, 3.8) is 0 Å². The summed E-state index contributed by atoms with van der Waals surface area (Å²) in [4.78, 5) is 25.5. The van der Waals surface area contributed by atoms with E-state index in [1.54, 1.807) is 24.3 Å². The highest BCUT2D eigenvalue weighted by molar-refractivity contribution is 7.12. The molecule has 1 heterocycles. The molecule has 0 fully saturated rings. The Labute approximate surface area is 131 Å². The van der Waals surface area contributed by atoms with Gasteiger partial charge in [-0.3, -0.25) is 14.5 Å². The molecule has 1 amide bonds. The van der Waals surface area contributed by atoms with Gasteiger partial charge in [-0.2, -0.15) is 0 Å². The number of nitrogens with zero attached hydrogens (tertiary/aromatic N) is 1. The predicted octanol–water partition coefficient (Wildman–Crippen LogP) is 3.70. The van der Waals surface area contributed by atoms with Crippen LogP contribution in [0.2, 0.25) is 5.02 Å². The van der Waals surface area contributed by atoms with Gasteiger partial charge in [0.1, 0.15) is 6.54 Å². The summed E-state index contributed by atoms with van der Waals surface area (Å²) in [6.45, 7) is 1.57. The number of anilines is 1. The second-order valence-corrected chi connectivity index (χ2v) is 5.74. The average molecular weight is 324 g/mol. The third-order valence-electron chi connectivity index (χ3n) is 3.00.